The van der Waals surface area contributed by atoms with Crippen LogP contribution in [0, 0.1) is 5.92 Å². The summed E-state index contributed by atoms with van der Waals surface area (Å²) in [5.74, 6) is 2.09. The summed E-state index contributed by atoms with van der Waals surface area (Å²) >= 11 is 0. The van der Waals surface area contributed by atoms with E-state index in [4.69, 9.17) is 14.2 Å². The van der Waals surface area contributed by atoms with Crippen LogP contribution in [-0.4, -0.2) is 38.9 Å². The van der Waals surface area contributed by atoms with E-state index in [2.05, 4.69) is 10.3 Å². The quantitative estimate of drug-likeness (QED) is 0.774. The summed E-state index contributed by atoms with van der Waals surface area (Å²) in [6.45, 7) is 3.49. The van der Waals surface area contributed by atoms with Crippen LogP contribution in [0.3, 0.4) is 0 Å². The molecule has 0 spiro atoms. The van der Waals surface area contributed by atoms with Crippen LogP contribution in [0.5, 0.6) is 11.5 Å². The minimum absolute atomic E-state index is 0.459. The number of hydrogen-bond acceptors (Lipinski definition) is 5. The van der Waals surface area contributed by atoms with Gasteiger partial charge in [-0.25, -0.2) is 0 Å². The van der Waals surface area contributed by atoms with E-state index >= 15 is 0 Å². The van der Waals surface area contributed by atoms with Gasteiger partial charge in [-0.05, 0) is 38.3 Å². The maximum atomic E-state index is 5.74. The summed E-state index contributed by atoms with van der Waals surface area (Å²) in [4.78, 5) is 4.30. The Bertz CT molecular complexity index is 406. The second-order valence-electron chi connectivity index (χ2n) is 5.05. The van der Waals surface area contributed by atoms with Crippen LogP contribution in [0.15, 0.2) is 12.3 Å². The third kappa shape index (κ3) is 4.08. The van der Waals surface area contributed by atoms with Gasteiger partial charge in [0.05, 0.1) is 20.8 Å². The van der Waals surface area contributed by atoms with Gasteiger partial charge >= 0.3 is 0 Å². The number of piperidine rings is 1. The molecule has 1 atom stereocenters. The van der Waals surface area contributed by atoms with Crippen LogP contribution in [0.4, 0.5) is 0 Å². The van der Waals surface area contributed by atoms with Gasteiger partial charge in [0.15, 0.2) is 11.5 Å². The summed E-state index contributed by atoms with van der Waals surface area (Å²) in [6, 6.07) is 1.79. The third-order valence-electron chi connectivity index (χ3n) is 3.67. The molecule has 0 bridgehead atoms. The van der Waals surface area contributed by atoms with Crippen molar-refractivity contribution in [3.05, 3.63) is 18.0 Å². The number of aromatic nitrogens is 1. The van der Waals surface area contributed by atoms with Crippen LogP contribution in [0.1, 0.15) is 25.0 Å². The Labute approximate surface area is 120 Å². The Kier molecular flexibility index (Phi) is 6.08. The molecule has 2 rings (SSSR count). The zero-order valence-corrected chi connectivity index (χ0v) is 12.4. The summed E-state index contributed by atoms with van der Waals surface area (Å²) in [5, 5.41) is 3.42. The fourth-order valence-electron chi connectivity index (χ4n) is 2.54. The molecule has 0 radical (unpaired) electrons. The highest BCUT2D eigenvalue weighted by Gasteiger charge is 2.14. The summed E-state index contributed by atoms with van der Waals surface area (Å²) in [6.07, 6.45) is 5.39. The Morgan fingerprint density at radius 1 is 1.35 bits per heavy atom. The Morgan fingerprint density at radius 3 is 2.95 bits per heavy atom. The molecule has 1 saturated heterocycles. The largest absolute Gasteiger partial charge is 0.493 e. The van der Waals surface area contributed by atoms with E-state index in [0.717, 1.165) is 37.7 Å². The van der Waals surface area contributed by atoms with Gasteiger partial charge in [-0.2, -0.15) is 0 Å². The first-order valence-corrected chi connectivity index (χ1v) is 7.19. The standard InChI is InChI=1S/C15H24N2O3/c1-18-14-5-8-17-13(15(14)19-2)11-20-9-6-12-4-3-7-16-10-12/h5,8,12,16H,3-4,6-7,9-11H2,1-2H3. The molecule has 0 aromatic carbocycles. The molecule has 0 amide bonds. The monoisotopic (exact) mass is 280 g/mol. The van der Waals surface area contributed by atoms with Crippen molar-refractivity contribution in [2.45, 2.75) is 25.9 Å². The number of hydrogen-bond donors (Lipinski definition) is 1. The summed E-state index contributed by atoms with van der Waals surface area (Å²) in [7, 11) is 3.25. The predicted octanol–water partition coefficient (Wildman–Crippen LogP) is 2.01. The van der Waals surface area contributed by atoms with Gasteiger partial charge in [-0.1, -0.05) is 0 Å². The highest BCUT2D eigenvalue weighted by atomic mass is 16.5. The van der Waals surface area contributed by atoms with E-state index in [9.17, 15) is 0 Å². The van der Waals surface area contributed by atoms with Crippen LogP contribution in [-0.2, 0) is 11.3 Å². The lowest BCUT2D eigenvalue weighted by atomic mass is 9.97. The van der Waals surface area contributed by atoms with Gasteiger partial charge in [0, 0.05) is 18.9 Å². The lowest BCUT2D eigenvalue weighted by Crippen LogP contribution is -2.30. The molecule has 1 aliphatic heterocycles. The molecule has 2 heterocycles. The number of methoxy groups -OCH3 is 2. The van der Waals surface area contributed by atoms with Crippen LogP contribution in [0.25, 0.3) is 0 Å². The molecule has 1 fully saturated rings. The molecule has 1 aromatic rings. The number of nitrogens with one attached hydrogen (secondary N) is 1. The fourth-order valence-corrected chi connectivity index (χ4v) is 2.54. The molecular weight excluding hydrogens is 256 g/mol. The normalized spacial score (nSPS) is 18.8. The van der Waals surface area contributed by atoms with Crippen LogP contribution >= 0.6 is 0 Å². The highest BCUT2D eigenvalue weighted by molar-refractivity contribution is 5.42. The SMILES string of the molecule is COc1ccnc(COCCC2CCCNC2)c1OC. The maximum Gasteiger partial charge on any atom is 0.184 e. The van der Waals surface area contributed by atoms with Crippen molar-refractivity contribution in [3.63, 3.8) is 0 Å². The van der Waals surface area contributed by atoms with Gasteiger partial charge < -0.3 is 19.5 Å². The van der Waals surface area contributed by atoms with E-state index in [1.165, 1.54) is 12.8 Å². The Balaban J connectivity index is 1.78. The van der Waals surface area contributed by atoms with Crippen molar-refractivity contribution in [3.8, 4) is 11.5 Å². The van der Waals surface area contributed by atoms with Gasteiger partial charge in [-0.15, -0.1) is 0 Å². The average molecular weight is 280 g/mol. The lowest BCUT2D eigenvalue weighted by Gasteiger charge is -2.22. The second-order valence-corrected chi connectivity index (χ2v) is 5.05. The first-order chi connectivity index (χ1) is 9.85. The summed E-state index contributed by atoms with van der Waals surface area (Å²) in [5.41, 5.74) is 0.786. The van der Waals surface area contributed by atoms with E-state index in [1.807, 2.05) is 0 Å². The maximum absolute atomic E-state index is 5.74. The molecule has 1 aliphatic rings. The summed E-state index contributed by atoms with van der Waals surface area (Å²) < 4.78 is 16.3. The zero-order chi connectivity index (χ0) is 14.2. The smallest absolute Gasteiger partial charge is 0.184 e. The average Bonchev–Trinajstić information content (AvgIpc) is 2.52. The van der Waals surface area contributed by atoms with Crippen molar-refractivity contribution in [2.24, 2.45) is 5.92 Å². The molecule has 1 unspecified atom stereocenters. The number of nitrogens with zero attached hydrogens (tertiary/aromatic N) is 1. The van der Waals surface area contributed by atoms with Crippen molar-refractivity contribution >= 4 is 0 Å². The Morgan fingerprint density at radius 2 is 2.25 bits per heavy atom. The first-order valence-electron chi connectivity index (χ1n) is 7.19. The van der Waals surface area contributed by atoms with Crippen molar-refractivity contribution in [1.82, 2.24) is 10.3 Å². The molecule has 5 heteroatoms. The van der Waals surface area contributed by atoms with E-state index in [0.29, 0.717) is 18.1 Å². The van der Waals surface area contributed by atoms with Crippen LogP contribution in [0.2, 0.25) is 0 Å². The van der Waals surface area contributed by atoms with E-state index in [1.54, 1.807) is 26.5 Å². The molecule has 5 nitrogen and oxygen atoms in total. The zero-order valence-electron chi connectivity index (χ0n) is 12.4. The van der Waals surface area contributed by atoms with Gasteiger partial charge in [-0.3, -0.25) is 4.98 Å². The van der Waals surface area contributed by atoms with Gasteiger partial charge in [0.25, 0.3) is 0 Å². The topological polar surface area (TPSA) is 52.6 Å². The van der Waals surface area contributed by atoms with E-state index in [-0.39, 0.29) is 0 Å². The highest BCUT2D eigenvalue weighted by Crippen LogP contribution is 2.29. The van der Waals surface area contributed by atoms with Crippen LogP contribution < -0.4 is 14.8 Å². The van der Waals surface area contributed by atoms with Crippen molar-refractivity contribution in [2.75, 3.05) is 33.9 Å². The molecular formula is C15H24N2O3. The minimum Gasteiger partial charge on any atom is -0.493 e. The van der Waals surface area contributed by atoms with Crippen molar-refractivity contribution in [1.29, 1.82) is 0 Å². The molecule has 1 N–H and O–H groups in total. The second kappa shape index (κ2) is 8.07. The molecule has 0 aliphatic carbocycles. The van der Waals surface area contributed by atoms with Gasteiger partial charge in [0.2, 0.25) is 0 Å². The van der Waals surface area contributed by atoms with Crippen molar-refractivity contribution < 1.29 is 14.2 Å². The fraction of sp³-hybridized carbons (Fsp3) is 0.667. The number of pyridine rings is 1. The predicted molar refractivity (Wildman–Crippen MR) is 77.2 cm³/mol. The minimum atomic E-state index is 0.459. The molecule has 1 aromatic heterocycles. The third-order valence-corrected chi connectivity index (χ3v) is 3.67. The molecule has 0 saturated carbocycles. The Hall–Kier alpha value is -1.33. The molecule has 112 valence electrons. The molecule has 20 heavy (non-hydrogen) atoms. The number of rotatable bonds is 7. The number of ether oxygens (including phenoxy) is 3. The van der Waals surface area contributed by atoms with Gasteiger partial charge in [0.1, 0.15) is 5.69 Å². The first kappa shape index (κ1) is 15.1. The van der Waals surface area contributed by atoms with E-state index < -0.39 is 0 Å². The lowest BCUT2D eigenvalue weighted by molar-refractivity contribution is 0.0991.